The summed E-state index contributed by atoms with van der Waals surface area (Å²) >= 11 is 19.2. The molecule has 0 heterocycles. The maximum atomic E-state index is 14.2. The number of rotatable bonds is 14. The monoisotopic (exact) mass is 653 g/mol. The third kappa shape index (κ3) is 8.10. The Bertz CT molecular complexity index is 1470. The van der Waals surface area contributed by atoms with E-state index in [9.17, 15) is 18.0 Å². The Kier molecular flexibility index (Phi) is 12.4. The molecule has 0 aliphatic heterocycles. The Balaban J connectivity index is 2.13. The van der Waals surface area contributed by atoms with Crippen LogP contribution >= 0.6 is 34.8 Å². The van der Waals surface area contributed by atoms with Crippen molar-refractivity contribution in [3.05, 3.63) is 87.4 Å². The maximum absolute atomic E-state index is 14.2. The van der Waals surface area contributed by atoms with E-state index in [4.69, 9.17) is 39.5 Å². The number of nitrogens with one attached hydrogen (secondary N) is 1. The largest absolute Gasteiger partial charge is 0.495 e. The summed E-state index contributed by atoms with van der Waals surface area (Å²) in [6, 6.07) is 16.2. The van der Waals surface area contributed by atoms with Crippen LogP contribution in [0.3, 0.4) is 0 Å². The molecule has 0 aliphatic rings. The van der Waals surface area contributed by atoms with Gasteiger partial charge in [0.15, 0.2) is 0 Å². The second-order valence-electron chi connectivity index (χ2n) is 9.43. The first-order valence-electron chi connectivity index (χ1n) is 13.5. The van der Waals surface area contributed by atoms with E-state index in [1.165, 1.54) is 36.3 Å². The minimum Gasteiger partial charge on any atom is -0.495 e. The third-order valence-electron chi connectivity index (χ3n) is 6.63. The van der Waals surface area contributed by atoms with Crippen molar-refractivity contribution in [3.8, 4) is 5.75 Å². The number of ether oxygens (including phenoxy) is 1. The number of anilines is 1. The zero-order chi connectivity index (χ0) is 30.9. The van der Waals surface area contributed by atoms with Crippen LogP contribution in [0.25, 0.3) is 0 Å². The van der Waals surface area contributed by atoms with E-state index in [1.807, 2.05) is 6.92 Å². The number of sulfonamides is 1. The molecular formula is C30H34Cl3N3O5S. The van der Waals surface area contributed by atoms with Crippen molar-refractivity contribution in [2.45, 2.75) is 50.6 Å². The molecule has 1 N–H and O–H groups in total. The number of unbranched alkanes of at least 4 members (excludes halogenated alkanes) is 1. The van der Waals surface area contributed by atoms with Crippen molar-refractivity contribution in [3.63, 3.8) is 0 Å². The first-order chi connectivity index (χ1) is 20.0. The van der Waals surface area contributed by atoms with Crippen LogP contribution in [0.1, 0.15) is 38.7 Å². The second-order valence-corrected chi connectivity index (χ2v) is 12.5. The fraction of sp³-hybridized carbons (Fsp3) is 0.333. The summed E-state index contributed by atoms with van der Waals surface area (Å²) in [6.07, 6.45) is 1.91. The maximum Gasteiger partial charge on any atom is 0.264 e. The predicted molar refractivity (Wildman–Crippen MR) is 168 cm³/mol. The zero-order valence-electron chi connectivity index (χ0n) is 23.6. The summed E-state index contributed by atoms with van der Waals surface area (Å²) in [5.41, 5.74) is 0.505. The fourth-order valence-corrected chi connectivity index (χ4v) is 6.49. The lowest BCUT2D eigenvalue weighted by molar-refractivity contribution is -0.140. The Hall–Kier alpha value is -2.98. The molecule has 0 aliphatic carbocycles. The number of halogens is 3. The van der Waals surface area contributed by atoms with E-state index in [0.29, 0.717) is 22.2 Å². The van der Waals surface area contributed by atoms with Crippen molar-refractivity contribution in [2.24, 2.45) is 0 Å². The molecule has 0 spiro atoms. The van der Waals surface area contributed by atoms with Crippen LogP contribution in [-0.4, -0.2) is 51.4 Å². The molecule has 2 amide bonds. The number of carbonyl (C=O) groups is 2. The highest BCUT2D eigenvalue weighted by Gasteiger charge is 2.35. The van der Waals surface area contributed by atoms with Gasteiger partial charge in [-0.05, 0) is 55.3 Å². The molecule has 0 saturated heterocycles. The second kappa shape index (κ2) is 15.5. The van der Waals surface area contributed by atoms with E-state index >= 15 is 0 Å². The van der Waals surface area contributed by atoms with Crippen molar-refractivity contribution in [1.29, 1.82) is 0 Å². The molecule has 1 atom stereocenters. The quantitative estimate of drug-likeness (QED) is 0.198. The number of methoxy groups -OCH3 is 1. The molecule has 226 valence electrons. The van der Waals surface area contributed by atoms with Gasteiger partial charge in [-0.3, -0.25) is 13.9 Å². The van der Waals surface area contributed by atoms with E-state index in [-0.39, 0.29) is 40.2 Å². The van der Waals surface area contributed by atoms with E-state index in [1.54, 1.807) is 49.4 Å². The summed E-state index contributed by atoms with van der Waals surface area (Å²) in [6.45, 7) is 3.44. The topological polar surface area (TPSA) is 96.0 Å². The normalized spacial score (nSPS) is 12.0. The molecule has 0 unspecified atom stereocenters. The molecule has 12 heteroatoms. The number of hydrogen-bond donors (Lipinski definition) is 1. The molecule has 0 fully saturated rings. The van der Waals surface area contributed by atoms with Crippen molar-refractivity contribution >= 4 is 62.3 Å². The van der Waals surface area contributed by atoms with Gasteiger partial charge < -0.3 is 15.0 Å². The van der Waals surface area contributed by atoms with Crippen molar-refractivity contribution in [1.82, 2.24) is 10.2 Å². The lowest BCUT2D eigenvalue weighted by atomic mass is 10.1. The minimum atomic E-state index is -4.30. The standard InChI is InChI=1S/C30H34Cl3N3O5S/c1-4-6-17-34-30(38)26(5-2)35(19-23-24(32)13-10-14-25(23)33)29(37)20-36(27-18-21(31)15-16-28(27)41-3)42(39,40)22-11-8-7-9-12-22/h7-16,18,26H,4-6,17,19-20H2,1-3H3,(H,34,38)/t26-/m1/s1. The van der Waals surface area contributed by atoms with Crippen LogP contribution < -0.4 is 14.4 Å². The minimum absolute atomic E-state index is 0.0372. The fourth-order valence-electron chi connectivity index (χ4n) is 4.37. The van der Waals surface area contributed by atoms with Gasteiger partial charge in [0.1, 0.15) is 18.3 Å². The first-order valence-corrected chi connectivity index (χ1v) is 16.0. The van der Waals surface area contributed by atoms with Gasteiger partial charge in [0.2, 0.25) is 11.8 Å². The van der Waals surface area contributed by atoms with Crippen molar-refractivity contribution < 1.29 is 22.7 Å². The van der Waals surface area contributed by atoms with Crippen LogP contribution in [0.5, 0.6) is 5.75 Å². The molecule has 0 saturated carbocycles. The van der Waals surface area contributed by atoms with Crippen LogP contribution in [-0.2, 0) is 26.2 Å². The number of hydrogen-bond acceptors (Lipinski definition) is 5. The summed E-state index contributed by atoms with van der Waals surface area (Å²) in [7, 11) is -2.91. The van der Waals surface area contributed by atoms with Crippen molar-refractivity contribution in [2.75, 3.05) is 24.5 Å². The highest BCUT2D eigenvalue weighted by molar-refractivity contribution is 7.92. The van der Waals surface area contributed by atoms with Crippen LogP contribution in [0.2, 0.25) is 15.1 Å². The number of nitrogens with zero attached hydrogens (tertiary/aromatic N) is 2. The lowest BCUT2D eigenvalue weighted by Gasteiger charge is -2.34. The van der Waals surface area contributed by atoms with Gasteiger partial charge in [-0.2, -0.15) is 0 Å². The van der Waals surface area contributed by atoms with Crippen LogP contribution in [0, 0.1) is 0 Å². The molecule has 3 rings (SSSR count). The Labute approximate surface area is 262 Å². The first kappa shape index (κ1) is 33.5. The molecule has 0 aromatic heterocycles. The Morgan fingerprint density at radius 3 is 2.21 bits per heavy atom. The van der Waals surface area contributed by atoms with E-state index in [2.05, 4.69) is 5.32 Å². The van der Waals surface area contributed by atoms with E-state index in [0.717, 1.165) is 17.1 Å². The van der Waals surface area contributed by atoms with Gasteiger partial charge >= 0.3 is 0 Å². The lowest BCUT2D eigenvalue weighted by Crippen LogP contribution is -2.52. The third-order valence-corrected chi connectivity index (χ3v) is 9.34. The Morgan fingerprint density at radius 1 is 0.952 bits per heavy atom. The van der Waals surface area contributed by atoms with E-state index < -0.39 is 28.5 Å². The molecule has 3 aromatic carbocycles. The number of benzene rings is 3. The highest BCUT2D eigenvalue weighted by Crippen LogP contribution is 2.35. The summed E-state index contributed by atoms with van der Waals surface area (Å²) < 4.78 is 34.4. The zero-order valence-corrected chi connectivity index (χ0v) is 26.7. The van der Waals surface area contributed by atoms with Gasteiger partial charge in [-0.1, -0.05) is 79.3 Å². The summed E-state index contributed by atoms with van der Waals surface area (Å²) in [4.78, 5) is 28.8. The average molecular weight is 655 g/mol. The smallest absolute Gasteiger partial charge is 0.264 e. The van der Waals surface area contributed by atoms with Gasteiger partial charge in [0.05, 0.1) is 17.7 Å². The molecule has 0 bridgehead atoms. The SMILES string of the molecule is CCCCNC(=O)[C@@H](CC)N(Cc1c(Cl)cccc1Cl)C(=O)CN(c1cc(Cl)ccc1OC)S(=O)(=O)c1ccccc1. The summed E-state index contributed by atoms with van der Waals surface area (Å²) in [5, 5.41) is 3.75. The van der Waals surface area contributed by atoms with Gasteiger partial charge in [-0.25, -0.2) is 8.42 Å². The molecule has 8 nitrogen and oxygen atoms in total. The molecule has 3 aromatic rings. The highest BCUT2D eigenvalue weighted by atomic mass is 35.5. The van der Waals surface area contributed by atoms with Gasteiger partial charge in [-0.15, -0.1) is 0 Å². The molecule has 42 heavy (non-hydrogen) atoms. The van der Waals surface area contributed by atoms with Crippen LogP contribution in [0.15, 0.2) is 71.6 Å². The van der Waals surface area contributed by atoms with Crippen LogP contribution in [0.4, 0.5) is 5.69 Å². The van der Waals surface area contributed by atoms with Gasteiger partial charge in [0.25, 0.3) is 10.0 Å². The molecule has 0 radical (unpaired) electrons. The number of carbonyl (C=O) groups excluding carboxylic acids is 2. The average Bonchev–Trinajstić information content (AvgIpc) is 2.97. The Morgan fingerprint density at radius 2 is 1.62 bits per heavy atom. The number of amides is 2. The molecular weight excluding hydrogens is 621 g/mol. The predicted octanol–water partition coefficient (Wildman–Crippen LogP) is 6.57. The van der Waals surface area contributed by atoms with Gasteiger partial charge in [0, 0.05) is 33.7 Å². The summed E-state index contributed by atoms with van der Waals surface area (Å²) in [5.74, 6) is -0.818.